The Bertz CT molecular complexity index is 1060. The Kier molecular flexibility index (Phi) is 7.37. The second-order valence-electron chi connectivity index (χ2n) is 6.44. The SMILES string of the molecule is Cc1cccc(C(=O)Nc2ccc(NC(=O)COc3c(Cl)cc(Cl)cc3Br)cc2)c1. The topological polar surface area (TPSA) is 67.4 Å². The van der Waals surface area contributed by atoms with Gasteiger partial charge in [0.2, 0.25) is 0 Å². The second kappa shape index (κ2) is 9.98. The molecule has 0 aromatic heterocycles. The number of benzene rings is 3. The lowest BCUT2D eigenvalue weighted by Crippen LogP contribution is -2.20. The van der Waals surface area contributed by atoms with Crippen molar-refractivity contribution in [2.24, 2.45) is 0 Å². The van der Waals surface area contributed by atoms with Crippen LogP contribution < -0.4 is 15.4 Å². The number of carbonyl (C=O) groups is 2. The minimum atomic E-state index is -0.357. The minimum Gasteiger partial charge on any atom is -0.481 e. The second-order valence-corrected chi connectivity index (χ2v) is 8.13. The molecule has 3 aromatic carbocycles. The average Bonchev–Trinajstić information content (AvgIpc) is 2.68. The Hall–Kier alpha value is -2.54. The predicted octanol–water partition coefficient (Wildman–Crippen LogP) is 6.33. The lowest BCUT2D eigenvalue weighted by Gasteiger charge is -2.11. The number of nitrogens with one attached hydrogen (secondary N) is 2. The van der Waals surface area contributed by atoms with E-state index in [1.165, 1.54) is 6.07 Å². The monoisotopic (exact) mass is 506 g/mol. The van der Waals surface area contributed by atoms with E-state index in [1.807, 2.05) is 25.1 Å². The maximum atomic E-state index is 12.3. The maximum absolute atomic E-state index is 12.3. The molecule has 0 aliphatic heterocycles. The molecule has 5 nitrogen and oxygen atoms in total. The summed E-state index contributed by atoms with van der Waals surface area (Å²) in [4.78, 5) is 24.5. The van der Waals surface area contributed by atoms with Gasteiger partial charge in [0.15, 0.2) is 12.4 Å². The minimum absolute atomic E-state index is 0.200. The van der Waals surface area contributed by atoms with Crippen LogP contribution >= 0.6 is 39.1 Å². The lowest BCUT2D eigenvalue weighted by atomic mass is 10.1. The number of aryl methyl sites for hydroxylation is 1. The molecule has 0 unspecified atom stereocenters. The van der Waals surface area contributed by atoms with Gasteiger partial charge in [0.1, 0.15) is 0 Å². The first-order valence-electron chi connectivity index (χ1n) is 8.87. The van der Waals surface area contributed by atoms with Crippen molar-refractivity contribution < 1.29 is 14.3 Å². The zero-order chi connectivity index (χ0) is 21.7. The molecule has 0 spiro atoms. The highest BCUT2D eigenvalue weighted by molar-refractivity contribution is 9.10. The van der Waals surface area contributed by atoms with E-state index < -0.39 is 0 Å². The van der Waals surface area contributed by atoms with Gasteiger partial charge in [-0.3, -0.25) is 9.59 Å². The Morgan fingerprint density at radius 1 is 0.967 bits per heavy atom. The Labute approximate surface area is 192 Å². The highest BCUT2D eigenvalue weighted by Gasteiger charge is 2.12. The molecule has 0 saturated heterocycles. The lowest BCUT2D eigenvalue weighted by molar-refractivity contribution is -0.118. The summed E-state index contributed by atoms with van der Waals surface area (Å²) in [5, 5.41) is 6.30. The third-order valence-corrected chi connectivity index (χ3v) is 5.11. The number of carbonyl (C=O) groups excluding carboxylic acids is 2. The van der Waals surface area contributed by atoms with Gasteiger partial charge in [0, 0.05) is 22.0 Å². The molecular formula is C22H17BrCl2N2O3. The average molecular weight is 508 g/mol. The number of ether oxygens (including phenoxy) is 1. The van der Waals surface area contributed by atoms with Gasteiger partial charge in [-0.05, 0) is 71.4 Å². The van der Waals surface area contributed by atoms with Crippen molar-refractivity contribution in [3.63, 3.8) is 0 Å². The van der Waals surface area contributed by atoms with Crippen LogP contribution in [0.5, 0.6) is 5.75 Å². The van der Waals surface area contributed by atoms with Crippen molar-refractivity contribution in [3.05, 3.63) is 86.3 Å². The summed E-state index contributed by atoms with van der Waals surface area (Å²) in [6, 6.07) is 17.3. The summed E-state index contributed by atoms with van der Waals surface area (Å²) in [5.74, 6) is -0.218. The fraction of sp³-hybridized carbons (Fsp3) is 0.0909. The van der Waals surface area contributed by atoms with Crippen LogP contribution in [0.2, 0.25) is 10.0 Å². The summed E-state index contributed by atoms with van der Waals surface area (Å²) in [5.41, 5.74) is 2.78. The van der Waals surface area contributed by atoms with Crippen LogP contribution in [0.4, 0.5) is 11.4 Å². The molecule has 0 saturated carbocycles. The Morgan fingerprint density at radius 3 is 2.27 bits per heavy atom. The van der Waals surface area contributed by atoms with E-state index in [4.69, 9.17) is 27.9 Å². The van der Waals surface area contributed by atoms with Gasteiger partial charge in [-0.15, -0.1) is 0 Å². The van der Waals surface area contributed by atoms with E-state index in [0.717, 1.165) is 5.56 Å². The molecule has 2 N–H and O–H groups in total. The number of hydrogen-bond donors (Lipinski definition) is 2. The first kappa shape index (κ1) is 22.2. The van der Waals surface area contributed by atoms with Crippen LogP contribution in [-0.2, 0) is 4.79 Å². The van der Waals surface area contributed by atoms with Crippen LogP contribution in [0.1, 0.15) is 15.9 Å². The normalized spacial score (nSPS) is 10.4. The van der Waals surface area contributed by atoms with Crippen molar-refractivity contribution in [2.75, 3.05) is 17.2 Å². The van der Waals surface area contributed by atoms with Crippen LogP contribution in [-0.4, -0.2) is 18.4 Å². The fourth-order valence-electron chi connectivity index (χ4n) is 2.63. The van der Waals surface area contributed by atoms with Gasteiger partial charge in [-0.2, -0.15) is 0 Å². The van der Waals surface area contributed by atoms with Gasteiger partial charge < -0.3 is 15.4 Å². The summed E-state index contributed by atoms with van der Waals surface area (Å²) < 4.78 is 6.04. The van der Waals surface area contributed by atoms with Crippen molar-refractivity contribution in [1.29, 1.82) is 0 Å². The van der Waals surface area contributed by atoms with Crippen molar-refractivity contribution >= 4 is 62.3 Å². The summed E-state index contributed by atoms with van der Waals surface area (Å²) in [6.07, 6.45) is 0. The van der Waals surface area contributed by atoms with Crippen molar-refractivity contribution in [1.82, 2.24) is 0 Å². The molecule has 2 amide bonds. The summed E-state index contributed by atoms with van der Waals surface area (Å²) >= 11 is 15.3. The van der Waals surface area contributed by atoms with Gasteiger partial charge in [0.25, 0.3) is 11.8 Å². The van der Waals surface area contributed by atoms with E-state index in [1.54, 1.807) is 36.4 Å². The smallest absolute Gasteiger partial charge is 0.262 e. The highest BCUT2D eigenvalue weighted by Crippen LogP contribution is 2.36. The molecule has 0 bridgehead atoms. The predicted molar refractivity (Wildman–Crippen MR) is 124 cm³/mol. The Morgan fingerprint density at radius 2 is 1.63 bits per heavy atom. The standard InChI is InChI=1S/C22H17BrCl2N2O3/c1-13-3-2-4-14(9-13)22(29)27-17-7-5-16(6-8-17)26-20(28)12-30-21-18(23)10-15(24)11-19(21)25/h2-11H,12H2,1H3,(H,26,28)(H,27,29). The molecule has 154 valence electrons. The van der Waals surface area contributed by atoms with E-state index in [9.17, 15) is 9.59 Å². The van der Waals surface area contributed by atoms with E-state index in [-0.39, 0.29) is 18.4 Å². The number of hydrogen-bond acceptors (Lipinski definition) is 3. The molecule has 3 aromatic rings. The molecule has 0 fully saturated rings. The number of amides is 2. The van der Waals surface area contributed by atoms with Crippen molar-refractivity contribution in [2.45, 2.75) is 6.92 Å². The zero-order valence-corrected chi connectivity index (χ0v) is 18.9. The first-order chi connectivity index (χ1) is 14.3. The molecule has 8 heteroatoms. The molecule has 0 aliphatic carbocycles. The third kappa shape index (κ3) is 5.98. The number of rotatable bonds is 6. The van der Waals surface area contributed by atoms with Gasteiger partial charge in [-0.25, -0.2) is 0 Å². The van der Waals surface area contributed by atoms with E-state index >= 15 is 0 Å². The fourth-order valence-corrected chi connectivity index (χ4v) is 4.00. The Balaban J connectivity index is 1.55. The molecule has 3 rings (SSSR count). The third-order valence-electron chi connectivity index (χ3n) is 4.02. The maximum Gasteiger partial charge on any atom is 0.262 e. The quantitative estimate of drug-likeness (QED) is 0.409. The number of anilines is 2. The highest BCUT2D eigenvalue weighted by atomic mass is 79.9. The molecular weight excluding hydrogens is 491 g/mol. The van der Waals surface area contributed by atoms with Crippen molar-refractivity contribution in [3.8, 4) is 5.75 Å². The van der Waals surface area contributed by atoms with Crippen LogP contribution in [0, 0.1) is 6.92 Å². The van der Waals surface area contributed by atoms with Crippen LogP contribution in [0.3, 0.4) is 0 Å². The molecule has 0 heterocycles. The molecule has 0 radical (unpaired) electrons. The van der Waals surface area contributed by atoms with E-state index in [2.05, 4.69) is 26.6 Å². The number of halogens is 3. The molecule has 0 aliphatic rings. The van der Waals surface area contributed by atoms with Crippen LogP contribution in [0.15, 0.2) is 65.1 Å². The van der Waals surface area contributed by atoms with Gasteiger partial charge in [-0.1, -0.05) is 40.9 Å². The van der Waals surface area contributed by atoms with E-state index in [0.29, 0.717) is 37.2 Å². The van der Waals surface area contributed by atoms with Crippen LogP contribution in [0.25, 0.3) is 0 Å². The zero-order valence-electron chi connectivity index (χ0n) is 15.8. The van der Waals surface area contributed by atoms with Gasteiger partial charge >= 0.3 is 0 Å². The summed E-state index contributed by atoms with van der Waals surface area (Å²) in [6.45, 7) is 1.70. The largest absolute Gasteiger partial charge is 0.481 e. The first-order valence-corrected chi connectivity index (χ1v) is 10.4. The molecule has 0 atom stereocenters. The molecule has 30 heavy (non-hydrogen) atoms. The summed E-state index contributed by atoms with van der Waals surface area (Å²) in [7, 11) is 0. The van der Waals surface area contributed by atoms with Gasteiger partial charge in [0.05, 0.1) is 9.50 Å².